The maximum Gasteiger partial charge on any atom is 0.0512 e. The first kappa shape index (κ1) is 12.3. The number of halogens is 2. The van der Waals surface area contributed by atoms with E-state index in [-0.39, 0.29) is 0 Å². The van der Waals surface area contributed by atoms with Gasteiger partial charge >= 0.3 is 0 Å². The van der Waals surface area contributed by atoms with E-state index >= 15 is 0 Å². The maximum atomic E-state index is 5.94. The summed E-state index contributed by atoms with van der Waals surface area (Å²) in [6.45, 7) is 6.91. The standard InChI is InChI=1S/C13H17BrClN/c1-3-13(4-2)8-16(9-13)12-6-5-10(15)7-11(12)14/h5-7H,3-4,8-9H2,1-2H3. The van der Waals surface area contributed by atoms with Crippen LogP contribution < -0.4 is 4.90 Å². The van der Waals surface area contributed by atoms with E-state index in [2.05, 4.69) is 40.7 Å². The number of benzene rings is 1. The second-order valence-electron chi connectivity index (χ2n) is 4.66. The van der Waals surface area contributed by atoms with E-state index in [0.717, 1.165) is 9.50 Å². The Balaban J connectivity index is 2.12. The Kier molecular flexibility index (Phi) is 3.50. The fourth-order valence-corrected chi connectivity index (χ4v) is 3.30. The van der Waals surface area contributed by atoms with Gasteiger partial charge in [-0.1, -0.05) is 25.4 Å². The van der Waals surface area contributed by atoms with Crippen LogP contribution in [-0.4, -0.2) is 13.1 Å². The molecule has 0 bridgehead atoms. The topological polar surface area (TPSA) is 3.24 Å². The van der Waals surface area contributed by atoms with Gasteiger partial charge in [0.1, 0.15) is 0 Å². The highest BCUT2D eigenvalue weighted by Crippen LogP contribution is 2.42. The minimum Gasteiger partial charge on any atom is -0.369 e. The van der Waals surface area contributed by atoms with Crippen molar-refractivity contribution in [2.75, 3.05) is 18.0 Å². The molecule has 0 amide bonds. The average Bonchev–Trinajstić information content (AvgIpc) is 2.20. The fourth-order valence-electron chi connectivity index (χ4n) is 2.37. The lowest BCUT2D eigenvalue weighted by Crippen LogP contribution is -2.56. The van der Waals surface area contributed by atoms with Gasteiger partial charge in [-0.15, -0.1) is 0 Å². The van der Waals surface area contributed by atoms with Gasteiger partial charge in [-0.2, -0.15) is 0 Å². The van der Waals surface area contributed by atoms with E-state index in [4.69, 9.17) is 11.6 Å². The molecule has 0 unspecified atom stereocenters. The molecule has 0 radical (unpaired) electrons. The van der Waals surface area contributed by atoms with Gasteiger partial charge < -0.3 is 4.90 Å². The highest BCUT2D eigenvalue weighted by atomic mass is 79.9. The Morgan fingerprint density at radius 1 is 1.31 bits per heavy atom. The number of hydrogen-bond donors (Lipinski definition) is 0. The van der Waals surface area contributed by atoms with Gasteiger partial charge in [-0.05, 0) is 47.0 Å². The van der Waals surface area contributed by atoms with E-state index in [1.807, 2.05) is 12.1 Å². The third-order valence-electron chi connectivity index (χ3n) is 3.80. The summed E-state index contributed by atoms with van der Waals surface area (Å²) in [5, 5.41) is 0.786. The molecule has 1 fully saturated rings. The zero-order valence-electron chi connectivity index (χ0n) is 9.76. The summed E-state index contributed by atoms with van der Waals surface area (Å²) in [5.74, 6) is 0. The minimum atomic E-state index is 0.541. The molecule has 2 rings (SSSR count). The van der Waals surface area contributed by atoms with Crippen LogP contribution in [0.15, 0.2) is 22.7 Å². The Morgan fingerprint density at radius 2 is 1.94 bits per heavy atom. The first-order chi connectivity index (χ1) is 7.60. The molecule has 1 aliphatic heterocycles. The van der Waals surface area contributed by atoms with Crippen LogP contribution in [0.4, 0.5) is 5.69 Å². The molecule has 88 valence electrons. The van der Waals surface area contributed by atoms with Crippen LogP contribution in [0.2, 0.25) is 5.02 Å². The highest BCUT2D eigenvalue weighted by molar-refractivity contribution is 9.10. The molecule has 1 saturated heterocycles. The van der Waals surface area contributed by atoms with Crippen LogP contribution in [0.1, 0.15) is 26.7 Å². The van der Waals surface area contributed by atoms with Gasteiger partial charge in [0, 0.05) is 28.0 Å². The van der Waals surface area contributed by atoms with E-state index in [9.17, 15) is 0 Å². The van der Waals surface area contributed by atoms with E-state index in [0.29, 0.717) is 5.41 Å². The summed E-state index contributed by atoms with van der Waals surface area (Å²) < 4.78 is 1.10. The summed E-state index contributed by atoms with van der Waals surface area (Å²) in [7, 11) is 0. The maximum absolute atomic E-state index is 5.94. The molecule has 1 aromatic carbocycles. The van der Waals surface area contributed by atoms with Gasteiger partial charge in [0.25, 0.3) is 0 Å². The van der Waals surface area contributed by atoms with Crippen LogP contribution >= 0.6 is 27.5 Å². The molecule has 0 N–H and O–H groups in total. The van der Waals surface area contributed by atoms with Crippen molar-refractivity contribution in [2.24, 2.45) is 5.41 Å². The highest BCUT2D eigenvalue weighted by Gasteiger charge is 2.40. The lowest BCUT2D eigenvalue weighted by Gasteiger charge is -2.51. The number of hydrogen-bond acceptors (Lipinski definition) is 1. The van der Waals surface area contributed by atoms with Gasteiger partial charge in [-0.25, -0.2) is 0 Å². The average molecular weight is 303 g/mol. The van der Waals surface area contributed by atoms with E-state index in [1.165, 1.54) is 31.6 Å². The Morgan fingerprint density at radius 3 is 2.44 bits per heavy atom. The molecule has 1 nitrogen and oxygen atoms in total. The molecule has 1 aliphatic rings. The van der Waals surface area contributed by atoms with Crippen molar-refractivity contribution in [1.29, 1.82) is 0 Å². The van der Waals surface area contributed by atoms with Crippen molar-refractivity contribution in [3.05, 3.63) is 27.7 Å². The van der Waals surface area contributed by atoms with Gasteiger partial charge in [-0.3, -0.25) is 0 Å². The number of anilines is 1. The molecule has 0 atom stereocenters. The van der Waals surface area contributed by atoms with Crippen LogP contribution in [-0.2, 0) is 0 Å². The third kappa shape index (κ3) is 2.10. The van der Waals surface area contributed by atoms with Crippen molar-refractivity contribution >= 4 is 33.2 Å². The van der Waals surface area contributed by atoms with Gasteiger partial charge in [0.05, 0.1) is 5.69 Å². The molecule has 0 aliphatic carbocycles. The van der Waals surface area contributed by atoms with Crippen molar-refractivity contribution in [3.63, 3.8) is 0 Å². The van der Waals surface area contributed by atoms with E-state index in [1.54, 1.807) is 0 Å². The van der Waals surface area contributed by atoms with Crippen molar-refractivity contribution in [1.82, 2.24) is 0 Å². The van der Waals surface area contributed by atoms with Gasteiger partial charge in [0.2, 0.25) is 0 Å². The third-order valence-corrected chi connectivity index (χ3v) is 4.67. The molecule has 0 spiro atoms. The van der Waals surface area contributed by atoms with E-state index < -0.39 is 0 Å². The zero-order valence-corrected chi connectivity index (χ0v) is 12.1. The smallest absolute Gasteiger partial charge is 0.0512 e. The first-order valence-corrected chi connectivity index (χ1v) is 6.97. The zero-order chi connectivity index (χ0) is 11.8. The quantitative estimate of drug-likeness (QED) is 0.780. The van der Waals surface area contributed by atoms with Crippen molar-refractivity contribution in [3.8, 4) is 0 Å². The Labute approximate surface area is 111 Å². The lowest BCUT2D eigenvalue weighted by molar-refractivity contribution is 0.194. The van der Waals surface area contributed by atoms with Crippen molar-refractivity contribution in [2.45, 2.75) is 26.7 Å². The monoisotopic (exact) mass is 301 g/mol. The van der Waals surface area contributed by atoms with Gasteiger partial charge in [0.15, 0.2) is 0 Å². The molecule has 3 heteroatoms. The Hall–Kier alpha value is -0.210. The molecule has 1 aromatic rings. The normalized spacial score (nSPS) is 18.4. The van der Waals surface area contributed by atoms with Crippen LogP contribution in [0.25, 0.3) is 0 Å². The fraction of sp³-hybridized carbons (Fsp3) is 0.538. The molecule has 0 aromatic heterocycles. The number of nitrogens with zero attached hydrogens (tertiary/aromatic N) is 1. The molecule has 1 heterocycles. The largest absolute Gasteiger partial charge is 0.369 e. The minimum absolute atomic E-state index is 0.541. The summed E-state index contributed by atoms with van der Waals surface area (Å²) in [6, 6.07) is 6.02. The number of rotatable bonds is 3. The lowest BCUT2D eigenvalue weighted by atomic mass is 9.75. The summed E-state index contributed by atoms with van der Waals surface area (Å²) in [5.41, 5.74) is 1.81. The second-order valence-corrected chi connectivity index (χ2v) is 5.95. The van der Waals surface area contributed by atoms with Crippen LogP contribution in [0, 0.1) is 5.41 Å². The van der Waals surface area contributed by atoms with Crippen LogP contribution in [0.5, 0.6) is 0 Å². The SMILES string of the molecule is CCC1(CC)CN(c2ccc(Cl)cc2Br)C1. The van der Waals surface area contributed by atoms with Crippen LogP contribution in [0.3, 0.4) is 0 Å². The molecule has 16 heavy (non-hydrogen) atoms. The molecular formula is C13H17BrClN. The van der Waals surface area contributed by atoms with Crippen molar-refractivity contribution < 1.29 is 0 Å². The predicted molar refractivity (Wildman–Crippen MR) is 74.4 cm³/mol. The Bertz CT molecular complexity index is 380. The first-order valence-electron chi connectivity index (χ1n) is 5.80. The molecular weight excluding hydrogens is 286 g/mol. The molecule has 0 saturated carbocycles. The summed E-state index contributed by atoms with van der Waals surface area (Å²) in [4.78, 5) is 2.42. The predicted octanol–water partition coefficient (Wildman–Crippen LogP) is 4.73. The summed E-state index contributed by atoms with van der Waals surface area (Å²) >= 11 is 9.52. The summed E-state index contributed by atoms with van der Waals surface area (Å²) in [6.07, 6.45) is 2.54. The second kappa shape index (κ2) is 4.58.